The summed E-state index contributed by atoms with van der Waals surface area (Å²) in [5.74, 6) is 1.17. The molecule has 2 N–H and O–H groups in total. The highest BCUT2D eigenvalue weighted by molar-refractivity contribution is 14.0. The van der Waals surface area contributed by atoms with Gasteiger partial charge in [-0.1, -0.05) is 18.2 Å². The molecule has 0 bridgehead atoms. The summed E-state index contributed by atoms with van der Waals surface area (Å²) in [5, 5.41) is 6.56. The number of sulfonamides is 1. The van der Waals surface area contributed by atoms with Crippen LogP contribution in [0.15, 0.2) is 40.2 Å². The second-order valence-corrected chi connectivity index (χ2v) is 8.82. The number of benzene rings is 1. The third kappa shape index (κ3) is 7.49. The van der Waals surface area contributed by atoms with Crippen LogP contribution in [0, 0.1) is 5.92 Å². The maximum Gasteiger partial charge on any atom is 0.243 e. The molecule has 0 saturated carbocycles. The van der Waals surface area contributed by atoms with Gasteiger partial charge in [-0.3, -0.25) is 4.99 Å². The maximum absolute atomic E-state index is 12.7. The first-order valence-electron chi connectivity index (χ1n) is 9.56. The molecular weight excluding hydrogens is 491 g/mol. The van der Waals surface area contributed by atoms with Crippen molar-refractivity contribution in [3.05, 3.63) is 30.3 Å². The third-order valence-electron chi connectivity index (χ3n) is 4.61. The van der Waals surface area contributed by atoms with Crippen molar-refractivity contribution in [1.82, 2.24) is 14.9 Å². The van der Waals surface area contributed by atoms with E-state index in [9.17, 15) is 8.42 Å². The Morgan fingerprint density at radius 3 is 2.50 bits per heavy atom. The van der Waals surface area contributed by atoms with Crippen molar-refractivity contribution in [2.45, 2.75) is 37.6 Å². The quantitative estimate of drug-likeness (QED) is 0.310. The molecule has 0 amide bonds. The molecule has 160 valence electrons. The SMILES string of the molecule is CCNC(=NCC1CCN(S(=O)(=O)c2ccccc2)CC1)NC(C)COC.I. The summed E-state index contributed by atoms with van der Waals surface area (Å²) in [4.78, 5) is 5.04. The summed E-state index contributed by atoms with van der Waals surface area (Å²) in [6.07, 6.45) is 1.64. The van der Waals surface area contributed by atoms with Crippen molar-refractivity contribution in [3.8, 4) is 0 Å². The van der Waals surface area contributed by atoms with Gasteiger partial charge in [-0.25, -0.2) is 8.42 Å². The Bertz CT molecular complexity index is 692. The number of rotatable bonds is 8. The maximum atomic E-state index is 12.7. The van der Waals surface area contributed by atoms with Crippen LogP contribution < -0.4 is 10.6 Å². The zero-order valence-corrected chi connectivity index (χ0v) is 20.1. The number of guanidine groups is 1. The molecule has 2 rings (SSSR count). The summed E-state index contributed by atoms with van der Waals surface area (Å²) in [6.45, 7) is 7.25. The van der Waals surface area contributed by atoms with Crippen LogP contribution in [0.5, 0.6) is 0 Å². The molecule has 0 aromatic heterocycles. The molecule has 1 aliphatic heterocycles. The van der Waals surface area contributed by atoms with Gasteiger partial charge in [0, 0.05) is 39.3 Å². The van der Waals surface area contributed by atoms with Crippen molar-refractivity contribution in [2.24, 2.45) is 10.9 Å². The van der Waals surface area contributed by atoms with Gasteiger partial charge in [-0.2, -0.15) is 4.31 Å². The normalized spacial score (nSPS) is 17.6. The smallest absolute Gasteiger partial charge is 0.243 e. The molecular formula is C19H33IN4O3S. The van der Waals surface area contributed by atoms with Crippen LogP contribution in [-0.4, -0.2) is 64.6 Å². The molecule has 0 aliphatic carbocycles. The second-order valence-electron chi connectivity index (χ2n) is 6.88. The number of nitrogens with one attached hydrogen (secondary N) is 2. The van der Waals surface area contributed by atoms with E-state index in [1.807, 2.05) is 19.9 Å². The molecule has 1 aromatic carbocycles. The van der Waals surface area contributed by atoms with Crippen LogP contribution in [0.25, 0.3) is 0 Å². The van der Waals surface area contributed by atoms with Crippen molar-refractivity contribution < 1.29 is 13.2 Å². The first-order chi connectivity index (χ1) is 13.0. The Kier molecular flexibility index (Phi) is 11.3. The molecule has 7 nitrogen and oxygen atoms in total. The molecule has 0 radical (unpaired) electrons. The van der Waals surface area contributed by atoms with Crippen LogP contribution in [-0.2, 0) is 14.8 Å². The summed E-state index contributed by atoms with van der Waals surface area (Å²) in [6, 6.07) is 8.82. The lowest BCUT2D eigenvalue weighted by molar-refractivity contribution is 0.179. The number of hydrogen-bond donors (Lipinski definition) is 2. The Labute approximate surface area is 186 Å². The van der Waals surface area contributed by atoms with Gasteiger partial charge in [0.2, 0.25) is 10.0 Å². The van der Waals surface area contributed by atoms with Crippen LogP contribution in [0.4, 0.5) is 0 Å². The third-order valence-corrected chi connectivity index (χ3v) is 6.52. The first kappa shape index (κ1) is 25.1. The molecule has 1 aliphatic rings. The first-order valence-corrected chi connectivity index (χ1v) is 11.0. The van der Waals surface area contributed by atoms with Gasteiger partial charge in [-0.15, -0.1) is 24.0 Å². The van der Waals surface area contributed by atoms with E-state index in [0.717, 1.165) is 25.3 Å². The lowest BCUT2D eigenvalue weighted by Crippen LogP contribution is -2.44. The van der Waals surface area contributed by atoms with Gasteiger partial charge in [0.1, 0.15) is 0 Å². The highest BCUT2D eigenvalue weighted by Gasteiger charge is 2.29. The van der Waals surface area contributed by atoms with Crippen molar-refractivity contribution >= 4 is 40.0 Å². The van der Waals surface area contributed by atoms with Crippen LogP contribution in [0.3, 0.4) is 0 Å². The zero-order valence-electron chi connectivity index (χ0n) is 16.9. The molecule has 1 unspecified atom stereocenters. The average Bonchev–Trinajstić information content (AvgIpc) is 2.67. The van der Waals surface area contributed by atoms with E-state index in [-0.39, 0.29) is 30.0 Å². The molecule has 0 spiro atoms. The standard InChI is InChI=1S/C19H32N4O3S.HI/c1-4-20-19(22-16(2)15-26-3)21-14-17-10-12-23(13-11-17)27(24,25)18-8-6-5-7-9-18;/h5-9,16-17H,4,10-15H2,1-3H3,(H2,20,21,22);1H. The minimum absolute atomic E-state index is 0. The molecule has 1 atom stereocenters. The van der Waals surface area contributed by atoms with Crippen LogP contribution in [0.2, 0.25) is 0 Å². The van der Waals surface area contributed by atoms with E-state index in [4.69, 9.17) is 4.74 Å². The molecule has 1 saturated heterocycles. The number of methoxy groups -OCH3 is 1. The Morgan fingerprint density at radius 2 is 1.93 bits per heavy atom. The molecule has 28 heavy (non-hydrogen) atoms. The Balaban J connectivity index is 0.00000392. The minimum Gasteiger partial charge on any atom is -0.383 e. The van der Waals surface area contributed by atoms with Gasteiger partial charge in [-0.05, 0) is 44.7 Å². The van der Waals surface area contributed by atoms with Crippen LogP contribution >= 0.6 is 24.0 Å². The van der Waals surface area contributed by atoms with Gasteiger partial charge in [0.05, 0.1) is 11.5 Å². The monoisotopic (exact) mass is 524 g/mol. The Hall–Kier alpha value is -0.910. The minimum atomic E-state index is -3.39. The topological polar surface area (TPSA) is 83.0 Å². The molecule has 1 heterocycles. The van der Waals surface area contributed by atoms with E-state index in [0.29, 0.717) is 37.1 Å². The highest BCUT2D eigenvalue weighted by Crippen LogP contribution is 2.23. The largest absolute Gasteiger partial charge is 0.383 e. The van der Waals surface area contributed by atoms with E-state index >= 15 is 0 Å². The fourth-order valence-electron chi connectivity index (χ4n) is 3.14. The van der Waals surface area contributed by atoms with Gasteiger partial charge >= 0.3 is 0 Å². The van der Waals surface area contributed by atoms with Crippen molar-refractivity contribution in [3.63, 3.8) is 0 Å². The Morgan fingerprint density at radius 1 is 1.29 bits per heavy atom. The summed E-state index contributed by atoms with van der Waals surface area (Å²) in [7, 11) is -1.71. The fraction of sp³-hybridized carbons (Fsp3) is 0.632. The average molecular weight is 524 g/mol. The molecule has 1 aromatic rings. The van der Waals surface area contributed by atoms with E-state index in [2.05, 4.69) is 15.6 Å². The summed E-state index contributed by atoms with van der Waals surface area (Å²) >= 11 is 0. The number of nitrogens with zero attached hydrogens (tertiary/aromatic N) is 2. The highest BCUT2D eigenvalue weighted by atomic mass is 127. The molecule has 9 heteroatoms. The summed E-state index contributed by atoms with van der Waals surface area (Å²) < 4.78 is 32.1. The van der Waals surface area contributed by atoms with Gasteiger partial charge in [0.15, 0.2) is 5.96 Å². The lowest BCUT2D eigenvalue weighted by atomic mass is 9.98. The zero-order chi connectivity index (χ0) is 19.7. The van der Waals surface area contributed by atoms with Crippen molar-refractivity contribution in [2.75, 3.05) is 39.9 Å². The number of aliphatic imine (C=N–C) groups is 1. The predicted octanol–water partition coefficient (Wildman–Crippen LogP) is 2.30. The number of halogens is 1. The van der Waals surface area contributed by atoms with E-state index in [1.165, 1.54) is 0 Å². The summed E-state index contributed by atoms with van der Waals surface area (Å²) in [5.41, 5.74) is 0. The number of piperidine rings is 1. The van der Waals surface area contributed by atoms with Crippen LogP contribution in [0.1, 0.15) is 26.7 Å². The van der Waals surface area contributed by atoms with Crippen molar-refractivity contribution in [1.29, 1.82) is 0 Å². The number of hydrogen-bond acceptors (Lipinski definition) is 4. The van der Waals surface area contributed by atoms with Gasteiger partial charge in [0.25, 0.3) is 0 Å². The molecule has 1 fully saturated rings. The van der Waals surface area contributed by atoms with E-state index in [1.54, 1.807) is 35.7 Å². The van der Waals surface area contributed by atoms with E-state index < -0.39 is 10.0 Å². The second kappa shape index (κ2) is 12.6. The number of ether oxygens (including phenoxy) is 1. The lowest BCUT2D eigenvalue weighted by Gasteiger charge is -2.30. The predicted molar refractivity (Wildman–Crippen MR) is 124 cm³/mol. The van der Waals surface area contributed by atoms with Gasteiger partial charge < -0.3 is 15.4 Å². The fourth-order valence-corrected chi connectivity index (χ4v) is 4.63.